The summed E-state index contributed by atoms with van der Waals surface area (Å²) in [7, 11) is 0. The summed E-state index contributed by atoms with van der Waals surface area (Å²) in [4.78, 5) is 22.7. The minimum Gasteiger partial charge on any atom is -0.330 e. The first kappa shape index (κ1) is 39.3. The van der Waals surface area contributed by atoms with Crippen LogP contribution in [-0.2, 0) is 38.7 Å². The van der Waals surface area contributed by atoms with Crippen LogP contribution in [0.15, 0.2) is 110 Å². The van der Waals surface area contributed by atoms with Crippen molar-refractivity contribution < 1.29 is 13.2 Å². The molecule has 5 rings (SSSR count). The van der Waals surface area contributed by atoms with Crippen molar-refractivity contribution in [1.82, 2.24) is 29.9 Å². The van der Waals surface area contributed by atoms with E-state index in [1.807, 2.05) is 48.7 Å². The van der Waals surface area contributed by atoms with Gasteiger partial charge in [-0.2, -0.15) is 13.2 Å². The molecule has 0 aromatic carbocycles. The van der Waals surface area contributed by atoms with E-state index in [2.05, 4.69) is 29.9 Å². The number of rotatable bonds is 7. The molecule has 0 atom stereocenters. The summed E-state index contributed by atoms with van der Waals surface area (Å²) in [6, 6.07) is 15.9. The Morgan fingerprint density at radius 1 is 0.500 bits per heavy atom. The average Bonchev–Trinajstić information content (AvgIpc) is 3.11. The average molecular weight is 638 g/mol. The number of pyridine rings is 4. The number of aromatic nitrogens is 6. The van der Waals surface area contributed by atoms with Gasteiger partial charge in [-0.1, -0.05) is 24.3 Å². The van der Waals surface area contributed by atoms with Gasteiger partial charge in [0.1, 0.15) is 12.0 Å². The number of halogens is 3. The molecule has 0 unspecified atom stereocenters. The summed E-state index contributed by atoms with van der Waals surface area (Å²) < 4.78 is 35.8. The van der Waals surface area contributed by atoms with Crippen LogP contribution in [0, 0.1) is 0 Å². The molecule has 0 aliphatic carbocycles. The van der Waals surface area contributed by atoms with Gasteiger partial charge in [-0.15, -0.1) is 0 Å². The van der Waals surface area contributed by atoms with E-state index in [1.54, 1.807) is 37.2 Å². The predicted molar refractivity (Wildman–Crippen MR) is 173 cm³/mol. The molecule has 246 valence electrons. The standard InChI is InChI=1S/C7H7F3N2.2C7H10N2.C6H8N2.C5H7N3/c8-7(9,10)6-2-1-5(3-11)4-12-6;8-4-3-7-2-1-5-9-6-7;8-5-4-7-3-1-2-6-9-7;7-4-6-2-1-3-8-5-6;6-1-5-2-7-4-8-3-5/h1-2,4H,3,11H2;1-2,5-6H,3-4,8H2;1-3,6H,4-5,8H2;1-3,5H,4,7H2;2-4H,1,6H2. The fraction of sp³-hybridized carbons (Fsp3) is 0.250. The molecule has 10 N–H and O–H groups in total. The summed E-state index contributed by atoms with van der Waals surface area (Å²) in [5.41, 5.74) is 30.4. The normalized spacial score (nSPS) is 9.91. The Morgan fingerprint density at radius 3 is 1.46 bits per heavy atom. The lowest BCUT2D eigenvalue weighted by Gasteiger charge is -2.04. The smallest absolute Gasteiger partial charge is 0.330 e. The fourth-order valence-corrected chi connectivity index (χ4v) is 3.07. The highest BCUT2D eigenvalue weighted by atomic mass is 19.4. The van der Waals surface area contributed by atoms with E-state index in [0.717, 1.165) is 41.9 Å². The molecule has 0 aliphatic heterocycles. The third-order valence-electron chi connectivity index (χ3n) is 5.44. The largest absolute Gasteiger partial charge is 0.433 e. The number of hydrogen-bond acceptors (Lipinski definition) is 11. The molecule has 14 heteroatoms. The molecular formula is C32H42F3N11. The highest BCUT2D eigenvalue weighted by Crippen LogP contribution is 2.27. The van der Waals surface area contributed by atoms with Crippen LogP contribution in [0.25, 0.3) is 0 Å². The topological polar surface area (TPSA) is 207 Å². The van der Waals surface area contributed by atoms with Crippen molar-refractivity contribution in [3.05, 3.63) is 144 Å². The van der Waals surface area contributed by atoms with Crippen LogP contribution in [0.5, 0.6) is 0 Å². The first-order valence-corrected chi connectivity index (χ1v) is 14.2. The fourth-order valence-electron chi connectivity index (χ4n) is 3.07. The van der Waals surface area contributed by atoms with Gasteiger partial charge in [-0.3, -0.25) is 19.9 Å². The monoisotopic (exact) mass is 637 g/mol. The van der Waals surface area contributed by atoms with Crippen LogP contribution >= 0.6 is 0 Å². The van der Waals surface area contributed by atoms with Crippen LogP contribution in [0.1, 0.15) is 33.6 Å². The zero-order valence-corrected chi connectivity index (χ0v) is 25.5. The first-order valence-electron chi connectivity index (χ1n) is 14.2. The van der Waals surface area contributed by atoms with Gasteiger partial charge in [-0.05, 0) is 66.5 Å². The quantitative estimate of drug-likeness (QED) is 0.175. The molecule has 0 bridgehead atoms. The number of nitrogens with zero attached hydrogens (tertiary/aromatic N) is 6. The van der Waals surface area contributed by atoms with Gasteiger partial charge in [0.15, 0.2) is 0 Å². The summed E-state index contributed by atoms with van der Waals surface area (Å²) in [6.07, 6.45) is 12.3. The van der Waals surface area contributed by atoms with Crippen LogP contribution in [0.4, 0.5) is 13.2 Å². The van der Waals surface area contributed by atoms with E-state index >= 15 is 0 Å². The van der Waals surface area contributed by atoms with Crippen LogP contribution in [0.3, 0.4) is 0 Å². The van der Waals surface area contributed by atoms with E-state index in [0.29, 0.717) is 31.7 Å². The zero-order chi connectivity index (χ0) is 33.9. The Labute approximate surface area is 267 Å². The van der Waals surface area contributed by atoms with Gasteiger partial charge in [0, 0.05) is 86.9 Å². The Balaban J connectivity index is 0.000000290. The molecule has 0 spiro atoms. The molecule has 0 amide bonds. The van der Waals surface area contributed by atoms with Crippen LogP contribution < -0.4 is 28.7 Å². The van der Waals surface area contributed by atoms with Crippen molar-refractivity contribution in [2.45, 2.75) is 38.7 Å². The van der Waals surface area contributed by atoms with Crippen molar-refractivity contribution >= 4 is 0 Å². The molecule has 5 heterocycles. The Bertz CT molecular complexity index is 1300. The van der Waals surface area contributed by atoms with E-state index in [1.165, 1.54) is 18.0 Å². The summed E-state index contributed by atoms with van der Waals surface area (Å²) in [5.74, 6) is 0. The predicted octanol–water partition coefficient (Wildman–Crippen LogP) is 3.20. The molecule has 0 radical (unpaired) electrons. The van der Waals surface area contributed by atoms with Gasteiger partial charge in [0.05, 0.1) is 0 Å². The second-order valence-electron chi connectivity index (χ2n) is 9.03. The summed E-state index contributed by atoms with van der Waals surface area (Å²) in [5, 5.41) is 0. The number of hydrogen-bond donors (Lipinski definition) is 5. The molecule has 5 aromatic rings. The highest BCUT2D eigenvalue weighted by Gasteiger charge is 2.31. The number of nitrogens with two attached hydrogens (primary N) is 5. The van der Waals surface area contributed by atoms with E-state index in [9.17, 15) is 13.2 Å². The molecule has 0 saturated heterocycles. The molecule has 0 aliphatic rings. The lowest BCUT2D eigenvalue weighted by atomic mass is 10.2. The van der Waals surface area contributed by atoms with E-state index in [-0.39, 0.29) is 6.54 Å². The zero-order valence-electron chi connectivity index (χ0n) is 25.5. The van der Waals surface area contributed by atoms with Gasteiger partial charge in [-0.25, -0.2) is 9.97 Å². The molecular weight excluding hydrogens is 595 g/mol. The van der Waals surface area contributed by atoms with Gasteiger partial charge in [0.25, 0.3) is 0 Å². The second-order valence-corrected chi connectivity index (χ2v) is 9.03. The second kappa shape index (κ2) is 24.6. The summed E-state index contributed by atoms with van der Waals surface area (Å²) >= 11 is 0. The number of alkyl halides is 3. The van der Waals surface area contributed by atoms with E-state index < -0.39 is 11.9 Å². The molecule has 46 heavy (non-hydrogen) atoms. The minimum absolute atomic E-state index is 0.200. The first-order chi connectivity index (χ1) is 22.3. The van der Waals surface area contributed by atoms with Crippen LogP contribution in [0.2, 0.25) is 0 Å². The maximum atomic E-state index is 11.9. The van der Waals surface area contributed by atoms with Gasteiger partial charge < -0.3 is 28.7 Å². The maximum Gasteiger partial charge on any atom is 0.433 e. The third kappa shape index (κ3) is 18.8. The van der Waals surface area contributed by atoms with Gasteiger partial charge >= 0.3 is 6.18 Å². The summed E-state index contributed by atoms with van der Waals surface area (Å²) in [6.45, 7) is 2.67. The Morgan fingerprint density at radius 2 is 1.07 bits per heavy atom. The van der Waals surface area contributed by atoms with Crippen LogP contribution in [-0.4, -0.2) is 43.0 Å². The molecule has 5 aromatic heterocycles. The highest BCUT2D eigenvalue weighted by molar-refractivity contribution is 5.15. The third-order valence-corrected chi connectivity index (χ3v) is 5.44. The molecule has 0 saturated carbocycles. The lowest BCUT2D eigenvalue weighted by Crippen LogP contribution is -2.08. The minimum atomic E-state index is -4.37. The lowest BCUT2D eigenvalue weighted by molar-refractivity contribution is -0.141. The van der Waals surface area contributed by atoms with Crippen molar-refractivity contribution in [1.29, 1.82) is 0 Å². The van der Waals surface area contributed by atoms with Crippen molar-refractivity contribution in [3.63, 3.8) is 0 Å². The van der Waals surface area contributed by atoms with Crippen molar-refractivity contribution in [2.24, 2.45) is 28.7 Å². The maximum absolute atomic E-state index is 11.9. The Kier molecular flexibility index (Phi) is 21.0. The van der Waals surface area contributed by atoms with Crippen molar-refractivity contribution in [2.75, 3.05) is 13.1 Å². The Hall–Kier alpha value is -4.73. The SMILES string of the molecule is NCCc1ccccn1.NCCc1cccnc1.NCc1ccc(C(F)(F)F)nc1.NCc1cccnc1.NCc1cncnc1. The van der Waals surface area contributed by atoms with Crippen molar-refractivity contribution in [3.8, 4) is 0 Å². The molecule has 0 fully saturated rings. The van der Waals surface area contributed by atoms with Gasteiger partial charge in [0.2, 0.25) is 0 Å². The molecule has 11 nitrogen and oxygen atoms in total. The van der Waals surface area contributed by atoms with E-state index in [4.69, 9.17) is 28.7 Å².